The van der Waals surface area contributed by atoms with E-state index in [1.807, 2.05) is 12.1 Å². The van der Waals surface area contributed by atoms with E-state index in [0.29, 0.717) is 42.0 Å². The first kappa shape index (κ1) is 20.5. The van der Waals surface area contributed by atoms with E-state index in [0.717, 1.165) is 23.9 Å². The Balaban J connectivity index is 1.67. The summed E-state index contributed by atoms with van der Waals surface area (Å²) in [4.78, 5) is 21.7. The number of nitrogens with zero attached hydrogens (tertiary/aromatic N) is 3. The number of carbonyl (C=O) groups excluding carboxylic acids is 1. The third-order valence-corrected chi connectivity index (χ3v) is 6.40. The lowest BCUT2D eigenvalue weighted by molar-refractivity contribution is 0.0391. The highest BCUT2D eigenvalue weighted by Gasteiger charge is 2.25. The molecule has 3 aromatic rings. The molecule has 1 aliphatic rings. The highest BCUT2D eigenvalue weighted by molar-refractivity contribution is 7.22. The van der Waals surface area contributed by atoms with E-state index >= 15 is 0 Å². The molecule has 2 heterocycles. The first-order valence-electron chi connectivity index (χ1n) is 9.15. The van der Waals surface area contributed by atoms with Crippen molar-refractivity contribution in [3.8, 4) is 0 Å². The molecule has 1 aliphatic heterocycles. The molecule has 1 aromatic heterocycles. The van der Waals surface area contributed by atoms with E-state index in [1.54, 1.807) is 11.0 Å². The van der Waals surface area contributed by atoms with Crippen molar-refractivity contribution in [1.29, 1.82) is 0 Å². The van der Waals surface area contributed by atoms with Crippen LogP contribution in [0, 0.1) is 5.82 Å². The Bertz CT molecular complexity index is 1040. The Morgan fingerprint density at radius 3 is 2.72 bits per heavy atom. The number of ether oxygens (including phenoxy) is 1. The smallest absolute Gasteiger partial charge is 0.261 e. The molecule has 0 radical (unpaired) electrons. The van der Waals surface area contributed by atoms with Gasteiger partial charge in [0.25, 0.3) is 5.91 Å². The molecule has 1 amide bonds. The summed E-state index contributed by atoms with van der Waals surface area (Å²) in [5.74, 6) is -0.809. The van der Waals surface area contributed by atoms with Crippen molar-refractivity contribution in [1.82, 2.24) is 9.88 Å². The number of anilines is 1. The SMILES string of the molecule is O=C(c1ccc(F)cc1Cl)N(CCN1CCOCC1)c1nc2c(Cl)cccc2s1. The fourth-order valence-corrected chi connectivity index (χ4v) is 4.72. The van der Waals surface area contributed by atoms with E-state index in [2.05, 4.69) is 9.88 Å². The number of benzene rings is 2. The van der Waals surface area contributed by atoms with Crippen molar-refractivity contribution in [3.63, 3.8) is 0 Å². The Kier molecular flexibility index (Phi) is 6.32. The third kappa shape index (κ3) is 4.54. The number of fused-ring (bicyclic) bond motifs is 1. The number of para-hydroxylation sites is 1. The normalized spacial score (nSPS) is 15.0. The van der Waals surface area contributed by atoms with Gasteiger partial charge in [0.15, 0.2) is 5.13 Å². The predicted octanol–water partition coefficient (Wildman–Crippen LogP) is 4.72. The second-order valence-corrected chi connectivity index (χ2v) is 8.44. The summed E-state index contributed by atoms with van der Waals surface area (Å²) in [7, 11) is 0. The molecule has 1 fully saturated rings. The van der Waals surface area contributed by atoms with Crippen LogP contribution in [0.1, 0.15) is 10.4 Å². The van der Waals surface area contributed by atoms with E-state index in [4.69, 9.17) is 27.9 Å². The van der Waals surface area contributed by atoms with Crippen LogP contribution in [0.3, 0.4) is 0 Å². The lowest BCUT2D eigenvalue weighted by atomic mass is 10.2. The summed E-state index contributed by atoms with van der Waals surface area (Å²) in [5, 5.41) is 1.14. The highest BCUT2D eigenvalue weighted by Crippen LogP contribution is 2.34. The van der Waals surface area contributed by atoms with Crippen LogP contribution in [0.2, 0.25) is 10.0 Å². The lowest BCUT2D eigenvalue weighted by Crippen LogP contribution is -2.43. The largest absolute Gasteiger partial charge is 0.379 e. The second kappa shape index (κ2) is 8.93. The summed E-state index contributed by atoms with van der Waals surface area (Å²) in [6.45, 7) is 4.06. The minimum atomic E-state index is -0.488. The van der Waals surface area contributed by atoms with E-state index in [1.165, 1.54) is 23.5 Å². The molecule has 5 nitrogen and oxygen atoms in total. The first-order chi connectivity index (χ1) is 14.0. The number of hydrogen-bond acceptors (Lipinski definition) is 5. The van der Waals surface area contributed by atoms with Crippen molar-refractivity contribution in [2.24, 2.45) is 0 Å². The van der Waals surface area contributed by atoms with Crippen molar-refractivity contribution < 1.29 is 13.9 Å². The van der Waals surface area contributed by atoms with Crippen molar-refractivity contribution >= 4 is 55.8 Å². The monoisotopic (exact) mass is 453 g/mol. The molecule has 0 N–H and O–H groups in total. The lowest BCUT2D eigenvalue weighted by Gasteiger charge is -2.29. The Morgan fingerprint density at radius 1 is 1.21 bits per heavy atom. The van der Waals surface area contributed by atoms with Gasteiger partial charge in [-0.05, 0) is 30.3 Å². The number of amides is 1. The molecule has 1 saturated heterocycles. The van der Waals surface area contributed by atoms with Gasteiger partial charge in [0.2, 0.25) is 0 Å². The molecule has 29 heavy (non-hydrogen) atoms. The minimum Gasteiger partial charge on any atom is -0.379 e. The fraction of sp³-hybridized carbons (Fsp3) is 0.300. The number of aromatic nitrogens is 1. The van der Waals surface area contributed by atoms with Crippen LogP contribution in [0.5, 0.6) is 0 Å². The summed E-state index contributed by atoms with van der Waals surface area (Å²) in [6.07, 6.45) is 0. The van der Waals surface area contributed by atoms with Crippen LogP contribution in [0.15, 0.2) is 36.4 Å². The summed E-state index contributed by atoms with van der Waals surface area (Å²) in [5.41, 5.74) is 0.893. The van der Waals surface area contributed by atoms with Gasteiger partial charge in [0.05, 0.1) is 33.5 Å². The molecular weight excluding hydrogens is 436 g/mol. The molecular formula is C20H18Cl2FN3O2S. The molecule has 0 bridgehead atoms. The molecule has 0 atom stereocenters. The zero-order valence-electron chi connectivity index (χ0n) is 15.4. The van der Waals surface area contributed by atoms with Crippen LogP contribution < -0.4 is 4.90 Å². The third-order valence-electron chi connectivity index (χ3n) is 4.74. The van der Waals surface area contributed by atoms with Gasteiger partial charge in [-0.3, -0.25) is 14.6 Å². The van der Waals surface area contributed by atoms with Gasteiger partial charge in [-0.1, -0.05) is 40.6 Å². The van der Waals surface area contributed by atoms with Crippen LogP contribution in [-0.2, 0) is 4.74 Å². The molecule has 9 heteroatoms. The van der Waals surface area contributed by atoms with Gasteiger partial charge < -0.3 is 4.74 Å². The quantitative estimate of drug-likeness (QED) is 0.560. The zero-order chi connectivity index (χ0) is 20.4. The van der Waals surface area contributed by atoms with Gasteiger partial charge in [-0.2, -0.15) is 0 Å². The van der Waals surface area contributed by atoms with Crippen LogP contribution in [-0.4, -0.2) is 55.2 Å². The summed E-state index contributed by atoms with van der Waals surface area (Å²) >= 11 is 13.8. The minimum absolute atomic E-state index is 0.0746. The second-order valence-electron chi connectivity index (χ2n) is 6.62. The number of thiazole rings is 1. The van der Waals surface area contributed by atoms with Crippen molar-refractivity contribution in [2.45, 2.75) is 0 Å². The maximum Gasteiger partial charge on any atom is 0.261 e. The molecule has 0 spiro atoms. The Morgan fingerprint density at radius 2 is 2.00 bits per heavy atom. The van der Waals surface area contributed by atoms with Crippen LogP contribution >= 0.6 is 34.5 Å². The molecule has 0 aliphatic carbocycles. The fourth-order valence-electron chi connectivity index (χ4n) is 3.18. The maximum absolute atomic E-state index is 13.5. The number of hydrogen-bond donors (Lipinski definition) is 0. The van der Waals surface area contributed by atoms with E-state index < -0.39 is 5.82 Å². The van der Waals surface area contributed by atoms with Gasteiger partial charge in [0.1, 0.15) is 11.3 Å². The van der Waals surface area contributed by atoms with Gasteiger partial charge >= 0.3 is 0 Å². The molecule has 0 unspecified atom stereocenters. The molecule has 152 valence electrons. The van der Waals surface area contributed by atoms with Crippen LogP contribution in [0.4, 0.5) is 9.52 Å². The van der Waals surface area contributed by atoms with Gasteiger partial charge in [0, 0.05) is 26.2 Å². The average Bonchev–Trinajstić information content (AvgIpc) is 3.14. The Labute approximate surface area is 181 Å². The van der Waals surface area contributed by atoms with Crippen molar-refractivity contribution in [2.75, 3.05) is 44.3 Å². The highest BCUT2D eigenvalue weighted by atomic mass is 35.5. The molecule has 2 aromatic carbocycles. The van der Waals surface area contributed by atoms with Gasteiger partial charge in [-0.25, -0.2) is 9.37 Å². The topological polar surface area (TPSA) is 45.7 Å². The zero-order valence-corrected chi connectivity index (χ0v) is 17.7. The summed E-state index contributed by atoms with van der Waals surface area (Å²) in [6, 6.07) is 9.31. The van der Waals surface area contributed by atoms with Crippen molar-refractivity contribution in [3.05, 3.63) is 57.8 Å². The maximum atomic E-state index is 13.5. The first-order valence-corrected chi connectivity index (χ1v) is 10.7. The number of halogens is 3. The number of rotatable bonds is 5. The molecule has 0 saturated carbocycles. The number of carbonyl (C=O) groups is 1. The average molecular weight is 454 g/mol. The predicted molar refractivity (Wildman–Crippen MR) is 115 cm³/mol. The Hall–Kier alpha value is -1.77. The molecule has 4 rings (SSSR count). The number of morpholine rings is 1. The van der Waals surface area contributed by atoms with Gasteiger partial charge in [-0.15, -0.1) is 0 Å². The van der Waals surface area contributed by atoms with Crippen LogP contribution in [0.25, 0.3) is 10.2 Å². The standard InChI is InChI=1S/C20H18Cl2FN3O2S/c21-15-2-1-3-17-18(15)24-20(29-17)26(7-6-25-8-10-28-11-9-25)19(27)14-5-4-13(23)12-16(14)22/h1-5,12H,6-11H2. The van der Waals surface area contributed by atoms with E-state index in [9.17, 15) is 9.18 Å². The summed E-state index contributed by atoms with van der Waals surface area (Å²) < 4.78 is 19.7. The van der Waals surface area contributed by atoms with E-state index in [-0.39, 0.29) is 16.5 Å².